The van der Waals surface area contributed by atoms with Crippen molar-refractivity contribution in [2.24, 2.45) is 5.92 Å². The quantitative estimate of drug-likeness (QED) is 0.462. The number of carbonyl (C=O) groups is 2. The molecular formula is C25H35FN4O5S. The summed E-state index contributed by atoms with van der Waals surface area (Å²) in [5, 5.41) is 2.83. The molecule has 1 N–H and O–H groups in total. The van der Waals surface area contributed by atoms with Crippen molar-refractivity contribution in [3.63, 3.8) is 0 Å². The molecule has 9 nitrogen and oxygen atoms in total. The Bertz CT molecular complexity index is 1140. The minimum absolute atomic E-state index is 0.0472. The van der Waals surface area contributed by atoms with Gasteiger partial charge in [0.05, 0.1) is 12.8 Å². The van der Waals surface area contributed by atoms with Crippen LogP contribution >= 0.6 is 0 Å². The number of hydrogen-bond donors (Lipinski definition) is 1. The van der Waals surface area contributed by atoms with Crippen LogP contribution in [-0.2, 0) is 26.3 Å². The van der Waals surface area contributed by atoms with Crippen LogP contribution in [0.2, 0.25) is 0 Å². The van der Waals surface area contributed by atoms with Crippen LogP contribution in [0.4, 0.5) is 10.1 Å². The fraction of sp³-hybridized carbons (Fsp3) is 0.440. The Morgan fingerprint density at radius 3 is 2.25 bits per heavy atom. The zero-order chi connectivity index (χ0) is 27.0. The number of nitrogens with one attached hydrogen (secondary N) is 1. The molecule has 198 valence electrons. The first-order chi connectivity index (χ1) is 16.9. The Morgan fingerprint density at radius 1 is 1.06 bits per heavy atom. The van der Waals surface area contributed by atoms with Gasteiger partial charge in [0, 0.05) is 27.2 Å². The molecule has 0 saturated heterocycles. The molecule has 0 fully saturated rings. The monoisotopic (exact) mass is 522 g/mol. The molecule has 2 aromatic carbocycles. The molecule has 11 heteroatoms. The van der Waals surface area contributed by atoms with E-state index in [4.69, 9.17) is 4.74 Å². The Hall–Kier alpha value is -3.18. The molecule has 2 amide bonds. The summed E-state index contributed by atoms with van der Waals surface area (Å²) in [4.78, 5) is 27.8. The van der Waals surface area contributed by atoms with Crippen molar-refractivity contribution in [1.82, 2.24) is 14.5 Å². The van der Waals surface area contributed by atoms with Gasteiger partial charge in [-0.3, -0.25) is 9.59 Å². The molecule has 0 heterocycles. The predicted molar refractivity (Wildman–Crippen MR) is 137 cm³/mol. The molecule has 0 aliphatic heterocycles. The van der Waals surface area contributed by atoms with Gasteiger partial charge in [-0.2, -0.15) is 12.7 Å². The molecule has 0 aromatic heterocycles. The maximum Gasteiger partial charge on any atom is 0.304 e. The highest BCUT2D eigenvalue weighted by atomic mass is 32.2. The minimum atomic E-state index is -4.11. The minimum Gasteiger partial charge on any atom is -0.497 e. The average molecular weight is 523 g/mol. The van der Waals surface area contributed by atoms with Gasteiger partial charge in [-0.1, -0.05) is 26.0 Å². The van der Waals surface area contributed by atoms with E-state index in [9.17, 15) is 22.4 Å². The SMILES string of the molecule is COc1cccc(CN(C(=O)CN(c2ccc(F)cc2)S(=O)(=O)N(C)C)[C@H](C)C(=O)NCC(C)C)c1. The van der Waals surface area contributed by atoms with Gasteiger partial charge >= 0.3 is 10.2 Å². The van der Waals surface area contributed by atoms with E-state index in [1.54, 1.807) is 31.2 Å². The zero-order valence-corrected chi connectivity index (χ0v) is 22.4. The number of hydrogen-bond acceptors (Lipinski definition) is 5. The maximum absolute atomic E-state index is 13.6. The molecule has 2 rings (SSSR count). The second kappa shape index (κ2) is 12.7. The first kappa shape index (κ1) is 29.1. The standard InChI is InChI=1S/C25H35FN4O5S/c1-18(2)15-27-25(32)19(3)29(16-20-8-7-9-23(14-20)35-6)24(31)17-30(36(33,34)28(4)5)22-12-10-21(26)11-13-22/h7-14,18-19H,15-17H2,1-6H3,(H,27,32)/t19-/m1/s1. The van der Waals surface area contributed by atoms with E-state index in [0.29, 0.717) is 17.9 Å². The van der Waals surface area contributed by atoms with E-state index < -0.39 is 34.5 Å². The third kappa shape index (κ3) is 7.66. The van der Waals surface area contributed by atoms with Crippen LogP contribution in [0, 0.1) is 11.7 Å². The second-order valence-corrected chi connectivity index (χ2v) is 11.0. The van der Waals surface area contributed by atoms with E-state index in [1.165, 1.54) is 38.2 Å². The van der Waals surface area contributed by atoms with Crippen molar-refractivity contribution in [1.29, 1.82) is 0 Å². The number of nitrogens with zero attached hydrogens (tertiary/aromatic N) is 3. The Balaban J connectivity index is 2.44. The molecule has 36 heavy (non-hydrogen) atoms. The summed E-state index contributed by atoms with van der Waals surface area (Å²) in [6.45, 7) is 5.40. The van der Waals surface area contributed by atoms with Crippen molar-refractivity contribution in [3.8, 4) is 5.75 Å². The fourth-order valence-corrected chi connectivity index (χ4v) is 4.38. The number of halogens is 1. The van der Waals surface area contributed by atoms with Gasteiger partial charge in [-0.25, -0.2) is 8.70 Å². The normalized spacial score (nSPS) is 12.4. The molecule has 0 radical (unpaired) electrons. The summed E-state index contributed by atoms with van der Waals surface area (Å²) in [6.07, 6.45) is 0. The summed E-state index contributed by atoms with van der Waals surface area (Å²) in [5.74, 6) is -0.700. The number of anilines is 1. The van der Waals surface area contributed by atoms with Gasteiger partial charge in [-0.15, -0.1) is 0 Å². The highest BCUT2D eigenvalue weighted by Gasteiger charge is 2.32. The van der Waals surface area contributed by atoms with Gasteiger partial charge in [0.15, 0.2) is 0 Å². The van der Waals surface area contributed by atoms with Crippen molar-refractivity contribution in [3.05, 3.63) is 59.9 Å². The summed E-state index contributed by atoms with van der Waals surface area (Å²) >= 11 is 0. The van der Waals surface area contributed by atoms with E-state index in [2.05, 4.69) is 5.32 Å². The highest BCUT2D eigenvalue weighted by molar-refractivity contribution is 7.90. The third-order valence-corrected chi connectivity index (χ3v) is 7.29. The number of rotatable bonds is 12. The van der Waals surface area contributed by atoms with Gasteiger partial charge < -0.3 is 15.0 Å². The Labute approximate surface area is 213 Å². The van der Waals surface area contributed by atoms with Crippen molar-refractivity contribution < 1.29 is 27.1 Å². The topological polar surface area (TPSA) is 99.3 Å². The van der Waals surface area contributed by atoms with E-state index in [-0.39, 0.29) is 24.1 Å². The second-order valence-electron chi connectivity index (χ2n) is 8.96. The lowest BCUT2D eigenvalue weighted by molar-refractivity contribution is -0.139. The van der Waals surface area contributed by atoms with Crippen molar-refractivity contribution >= 4 is 27.7 Å². The van der Waals surface area contributed by atoms with Crippen LogP contribution in [0.15, 0.2) is 48.5 Å². The lowest BCUT2D eigenvalue weighted by Gasteiger charge is -2.33. The Morgan fingerprint density at radius 2 is 1.69 bits per heavy atom. The molecule has 0 aliphatic rings. The summed E-state index contributed by atoms with van der Waals surface area (Å²) in [7, 11) is 0.0955. The molecule has 2 aromatic rings. The number of methoxy groups -OCH3 is 1. The van der Waals surface area contributed by atoms with E-state index in [1.807, 2.05) is 13.8 Å². The lowest BCUT2D eigenvalue weighted by atomic mass is 10.1. The number of carbonyl (C=O) groups excluding carboxylic acids is 2. The summed E-state index contributed by atoms with van der Waals surface area (Å²) in [5.41, 5.74) is 0.826. The van der Waals surface area contributed by atoms with Crippen molar-refractivity contribution in [2.45, 2.75) is 33.4 Å². The molecule has 0 spiro atoms. The van der Waals surface area contributed by atoms with Crippen LogP contribution in [0.3, 0.4) is 0 Å². The number of ether oxygens (including phenoxy) is 1. The zero-order valence-electron chi connectivity index (χ0n) is 21.6. The van der Waals surface area contributed by atoms with E-state index >= 15 is 0 Å². The van der Waals surface area contributed by atoms with Crippen LogP contribution in [0.1, 0.15) is 26.3 Å². The fourth-order valence-electron chi connectivity index (χ4n) is 3.33. The first-order valence-corrected chi connectivity index (χ1v) is 12.9. The largest absolute Gasteiger partial charge is 0.497 e. The van der Waals surface area contributed by atoms with Gasteiger partial charge in [0.25, 0.3) is 0 Å². The van der Waals surface area contributed by atoms with E-state index in [0.717, 1.165) is 20.7 Å². The van der Waals surface area contributed by atoms with Gasteiger partial charge in [0.1, 0.15) is 24.2 Å². The number of benzene rings is 2. The highest BCUT2D eigenvalue weighted by Crippen LogP contribution is 2.22. The predicted octanol–water partition coefficient (Wildman–Crippen LogP) is 2.64. The molecule has 0 unspecified atom stereocenters. The van der Waals surface area contributed by atoms with Gasteiger partial charge in [-0.05, 0) is 54.8 Å². The smallest absolute Gasteiger partial charge is 0.304 e. The molecular weight excluding hydrogens is 487 g/mol. The Kier molecular flexibility index (Phi) is 10.2. The van der Waals surface area contributed by atoms with Crippen LogP contribution in [0.5, 0.6) is 5.75 Å². The van der Waals surface area contributed by atoms with Crippen LogP contribution < -0.4 is 14.4 Å². The molecule has 0 saturated carbocycles. The average Bonchev–Trinajstić information content (AvgIpc) is 2.84. The third-order valence-electron chi connectivity index (χ3n) is 5.47. The van der Waals surface area contributed by atoms with Crippen molar-refractivity contribution in [2.75, 3.05) is 38.6 Å². The van der Waals surface area contributed by atoms with Crippen LogP contribution in [-0.4, -0.2) is 69.8 Å². The first-order valence-electron chi connectivity index (χ1n) is 11.5. The lowest BCUT2D eigenvalue weighted by Crippen LogP contribution is -2.52. The molecule has 1 atom stereocenters. The maximum atomic E-state index is 13.6. The molecule has 0 aliphatic carbocycles. The molecule has 0 bridgehead atoms. The summed E-state index contributed by atoms with van der Waals surface area (Å²) < 4.78 is 46.8. The van der Waals surface area contributed by atoms with Crippen LogP contribution in [0.25, 0.3) is 0 Å². The summed E-state index contributed by atoms with van der Waals surface area (Å²) in [6, 6.07) is 11.0. The number of amides is 2. The van der Waals surface area contributed by atoms with Gasteiger partial charge in [0.2, 0.25) is 11.8 Å².